The summed E-state index contributed by atoms with van der Waals surface area (Å²) in [4.78, 5) is 36.3. The van der Waals surface area contributed by atoms with Crippen LogP contribution in [0.5, 0.6) is 23.0 Å². The minimum Gasteiger partial charge on any atom is -0.493 e. The number of sulfonamides is 1. The summed E-state index contributed by atoms with van der Waals surface area (Å²) in [5, 5.41) is 27.4. The highest BCUT2D eigenvalue weighted by Crippen LogP contribution is 2.33. The fourth-order valence-electron chi connectivity index (χ4n) is 8.30. The number of methoxy groups -OCH3 is 4. The van der Waals surface area contributed by atoms with E-state index in [0.717, 1.165) is 52.8 Å². The van der Waals surface area contributed by atoms with E-state index in [1.54, 1.807) is 35.0 Å². The van der Waals surface area contributed by atoms with Gasteiger partial charge < -0.3 is 49.3 Å². The number of hydrogen-bond donors (Lipinski definition) is 5. The van der Waals surface area contributed by atoms with E-state index in [1.165, 1.54) is 50.8 Å². The SMILES string of the molecule is CC(C)(C)OC(=O)N[C@@H](Cc1ccccc1)[C@H](O)CNOC1CCCC1.COc1ccc(C)cc1OC.COc1ccc(S(=O)(=O)N(C[C@@H](O)[C@H](Cc2ccccc2)NC(=O)OC(C)(C)C)OC2CCCC2)cc1OC. The number of nitrogens with one attached hydrogen (secondary N) is 3. The molecule has 0 saturated heterocycles. The van der Waals surface area contributed by atoms with Gasteiger partial charge in [0, 0.05) is 12.6 Å². The number of hydroxylamine groups is 2. The molecule has 0 aromatic heterocycles. The lowest BCUT2D eigenvalue weighted by Gasteiger charge is -2.31. The third kappa shape index (κ3) is 22.1. The lowest BCUT2D eigenvalue weighted by Crippen LogP contribution is -2.51. The molecule has 5 N–H and O–H groups in total. The molecule has 19 heteroatoms. The molecule has 4 aromatic rings. The lowest BCUT2D eigenvalue weighted by atomic mass is 10.0. The van der Waals surface area contributed by atoms with Crippen LogP contribution in [0.3, 0.4) is 0 Å². The first kappa shape index (κ1) is 62.9. The molecular formula is C57H84N4O14S. The van der Waals surface area contributed by atoms with Crippen LogP contribution < -0.4 is 35.1 Å². The molecule has 0 spiro atoms. The topological polar surface area (TPSA) is 222 Å². The van der Waals surface area contributed by atoms with Crippen LogP contribution in [0.25, 0.3) is 0 Å². The number of amides is 2. The molecule has 18 nitrogen and oxygen atoms in total. The summed E-state index contributed by atoms with van der Waals surface area (Å²) in [5.74, 6) is 2.18. The Bertz CT molecular complexity index is 2440. The van der Waals surface area contributed by atoms with Crippen LogP contribution in [-0.4, -0.2) is 125 Å². The van der Waals surface area contributed by atoms with Crippen molar-refractivity contribution in [1.82, 2.24) is 20.6 Å². The average Bonchev–Trinajstić information content (AvgIpc) is 4.11. The van der Waals surface area contributed by atoms with Crippen molar-refractivity contribution in [3.63, 3.8) is 0 Å². The summed E-state index contributed by atoms with van der Waals surface area (Å²) in [6, 6.07) is 27.8. The molecule has 2 aliphatic rings. The number of nitrogens with zero attached hydrogens (tertiary/aromatic N) is 1. The predicted octanol–water partition coefficient (Wildman–Crippen LogP) is 9.02. The molecule has 0 unspecified atom stereocenters. The van der Waals surface area contributed by atoms with Gasteiger partial charge >= 0.3 is 12.2 Å². The zero-order valence-corrected chi connectivity index (χ0v) is 47.2. The van der Waals surface area contributed by atoms with Crippen LogP contribution in [-0.2, 0) is 42.0 Å². The van der Waals surface area contributed by atoms with Crippen molar-refractivity contribution in [3.05, 3.63) is 114 Å². The summed E-state index contributed by atoms with van der Waals surface area (Å²) in [5.41, 5.74) is 4.59. The third-order valence-electron chi connectivity index (χ3n) is 12.1. The van der Waals surface area contributed by atoms with Crippen molar-refractivity contribution in [1.29, 1.82) is 0 Å². The van der Waals surface area contributed by atoms with E-state index >= 15 is 0 Å². The normalized spacial score (nSPS) is 15.7. The van der Waals surface area contributed by atoms with Gasteiger partial charge in [-0.25, -0.2) is 18.0 Å². The van der Waals surface area contributed by atoms with Gasteiger partial charge in [0.05, 0.1) is 76.4 Å². The fraction of sp³-hybridized carbons (Fsp3) is 0.544. The van der Waals surface area contributed by atoms with Crippen LogP contribution in [0.1, 0.15) is 110 Å². The molecule has 6 rings (SSSR count). The van der Waals surface area contributed by atoms with Crippen molar-refractivity contribution in [2.45, 2.75) is 165 Å². The van der Waals surface area contributed by atoms with E-state index < -0.39 is 64.2 Å². The molecule has 0 bridgehead atoms. The van der Waals surface area contributed by atoms with Crippen LogP contribution in [0.15, 0.2) is 102 Å². The van der Waals surface area contributed by atoms with Crippen LogP contribution >= 0.6 is 0 Å². The largest absolute Gasteiger partial charge is 0.493 e. The fourth-order valence-corrected chi connectivity index (χ4v) is 9.61. The van der Waals surface area contributed by atoms with E-state index in [2.05, 4.69) is 16.1 Å². The molecule has 422 valence electrons. The summed E-state index contributed by atoms with van der Waals surface area (Å²) in [6.45, 7) is 12.5. The molecule has 0 heterocycles. The number of hydrogen-bond acceptors (Lipinski definition) is 15. The molecule has 4 aromatic carbocycles. The first-order valence-corrected chi connectivity index (χ1v) is 27.4. The van der Waals surface area contributed by atoms with Crippen molar-refractivity contribution in [3.8, 4) is 23.0 Å². The van der Waals surface area contributed by atoms with Crippen molar-refractivity contribution in [2.24, 2.45) is 0 Å². The monoisotopic (exact) mass is 1080 g/mol. The minimum absolute atomic E-state index is 0.0787. The molecular weight excluding hydrogens is 997 g/mol. The Morgan fingerprint density at radius 3 is 1.50 bits per heavy atom. The van der Waals surface area contributed by atoms with Crippen molar-refractivity contribution in [2.75, 3.05) is 41.5 Å². The summed E-state index contributed by atoms with van der Waals surface area (Å²) in [7, 11) is 1.91. The second kappa shape index (κ2) is 30.9. The van der Waals surface area contributed by atoms with E-state index in [1.807, 2.05) is 107 Å². The number of alkyl carbamates (subject to hydrolysis) is 2. The first-order valence-electron chi connectivity index (χ1n) is 26.0. The Morgan fingerprint density at radius 2 is 1.04 bits per heavy atom. The van der Waals surface area contributed by atoms with Gasteiger partial charge in [-0.1, -0.05) is 96.9 Å². The van der Waals surface area contributed by atoms with Crippen LogP contribution in [0, 0.1) is 6.92 Å². The smallest absolute Gasteiger partial charge is 0.407 e. The van der Waals surface area contributed by atoms with E-state index in [-0.39, 0.29) is 35.8 Å². The van der Waals surface area contributed by atoms with Crippen LogP contribution in [0.4, 0.5) is 9.59 Å². The summed E-state index contributed by atoms with van der Waals surface area (Å²) in [6.07, 6.45) is 5.02. The van der Waals surface area contributed by atoms with E-state index in [4.69, 9.17) is 38.1 Å². The number of aryl methyl sites for hydroxylation is 1. The van der Waals surface area contributed by atoms with Gasteiger partial charge in [0.2, 0.25) is 0 Å². The third-order valence-corrected chi connectivity index (χ3v) is 13.8. The number of aliphatic hydroxyl groups excluding tert-OH is 2. The maximum absolute atomic E-state index is 13.8. The molecule has 2 amide bonds. The van der Waals surface area contributed by atoms with Gasteiger partial charge in [0.1, 0.15) is 11.2 Å². The molecule has 2 aliphatic carbocycles. The Kier molecular flexibility index (Phi) is 25.6. The van der Waals surface area contributed by atoms with Crippen molar-refractivity contribution < 1.29 is 66.3 Å². The highest BCUT2D eigenvalue weighted by molar-refractivity contribution is 7.89. The standard InChI is InChI=1S/C28H40N2O8S.C20H32N2O4.C9H12O2/c1-28(2,3)37-27(32)29-23(17-20-11-7-6-8-12-20)24(31)19-30(38-21-13-9-10-14-21)39(33,34)22-15-16-25(35-4)26(18-22)36-5;1-20(2,3)25-19(24)22-17(13-15-9-5-4-6-10-15)18(23)14-21-26-16-11-7-8-12-16;1-7-4-5-8(10-2)9(6-7)11-3/h6-8,11-12,15-16,18,21,23-24,31H,9-10,13-14,17,19H2,1-5H3,(H,29,32);4-6,9-10,16-18,21,23H,7-8,11-14H2,1-3H3,(H,22,24);4-6H,1-3H3/t23-,24+;17-,18+;/m00./s1. The van der Waals surface area contributed by atoms with Crippen LogP contribution in [0.2, 0.25) is 0 Å². The summed E-state index contributed by atoms with van der Waals surface area (Å²) < 4.78 is 59.9. The lowest BCUT2D eigenvalue weighted by molar-refractivity contribution is -0.145. The molecule has 0 aliphatic heterocycles. The molecule has 4 atom stereocenters. The van der Waals surface area contributed by atoms with E-state index in [0.29, 0.717) is 25.0 Å². The molecule has 76 heavy (non-hydrogen) atoms. The van der Waals surface area contributed by atoms with Gasteiger partial charge in [-0.05, 0) is 128 Å². The number of benzene rings is 4. The second-order valence-electron chi connectivity index (χ2n) is 20.8. The average molecular weight is 1080 g/mol. The zero-order valence-electron chi connectivity index (χ0n) is 46.3. The van der Waals surface area contributed by atoms with Gasteiger partial charge in [-0.2, -0.15) is 5.48 Å². The quantitative estimate of drug-likeness (QED) is 0.0464. The van der Waals surface area contributed by atoms with E-state index in [9.17, 15) is 28.2 Å². The maximum Gasteiger partial charge on any atom is 0.407 e. The number of carbonyl (C=O) groups excluding carboxylic acids is 2. The molecule has 0 radical (unpaired) electrons. The molecule has 2 saturated carbocycles. The highest BCUT2D eigenvalue weighted by atomic mass is 32.2. The van der Waals surface area contributed by atoms with Gasteiger partial charge in [0.25, 0.3) is 10.0 Å². The van der Waals surface area contributed by atoms with Gasteiger partial charge in [-0.3, -0.25) is 9.68 Å². The van der Waals surface area contributed by atoms with Gasteiger partial charge in [-0.15, -0.1) is 0 Å². The van der Waals surface area contributed by atoms with Gasteiger partial charge in [0.15, 0.2) is 23.0 Å². The Balaban J connectivity index is 0.000000287. The predicted molar refractivity (Wildman–Crippen MR) is 291 cm³/mol. The maximum atomic E-state index is 13.8. The number of aliphatic hydroxyl groups is 2. The number of rotatable bonds is 22. The Hall–Kier alpha value is -5.67. The zero-order chi connectivity index (χ0) is 55.9. The van der Waals surface area contributed by atoms with Crippen molar-refractivity contribution >= 4 is 22.2 Å². The second-order valence-corrected chi connectivity index (χ2v) is 22.6. The summed E-state index contributed by atoms with van der Waals surface area (Å²) >= 11 is 0. The minimum atomic E-state index is -4.23. The first-order chi connectivity index (χ1) is 36.0. The number of ether oxygens (including phenoxy) is 6. The molecule has 2 fully saturated rings. The Labute approximate surface area is 451 Å². The number of carbonyl (C=O) groups is 2. The Morgan fingerprint density at radius 1 is 0.605 bits per heavy atom. The highest BCUT2D eigenvalue weighted by Gasteiger charge is 2.36.